The van der Waals surface area contributed by atoms with Crippen LogP contribution < -0.4 is 0 Å². The summed E-state index contributed by atoms with van der Waals surface area (Å²) in [6, 6.07) is 3.83. The molecule has 0 bridgehead atoms. The molecule has 1 fully saturated rings. The van der Waals surface area contributed by atoms with Gasteiger partial charge in [0.25, 0.3) is 5.91 Å². The number of carbonyl (C=O) groups is 1. The highest BCUT2D eigenvalue weighted by Crippen LogP contribution is 2.18. The van der Waals surface area contributed by atoms with E-state index in [9.17, 15) is 17.6 Å². The maximum Gasteiger partial charge on any atom is 0.253 e. The first-order valence-corrected chi connectivity index (χ1v) is 9.06. The molecule has 0 aliphatic carbocycles. The van der Waals surface area contributed by atoms with E-state index in [0.717, 1.165) is 6.07 Å². The molecule has 0 atom stereocenters. The second kappa shape index (κ2) is 6.93. The first-order valence-electron chi connectivity index (χ1n) is 7.07. The highest BCUT2D eigenvalue weighted by molar-refractivity contribution is 7.89. The predicted molar refractivity (Wildman–Crippen MR) is 83.0 cm³/mol. The van der Waals surface area contributed by atoms with Crippen molar-refractivity contribution in [1.82, 2.24) is 9.21 Å². The molecule has 1 saturated heterocycles. The van der Waals surface area contributed by atoms with Crippen molar-refractivity contribution in [3.8, 4) is 0 Å². The summed E-state index contributed by atoms with van der Waals surface area (Å²) in [5, 5.41) is -0.101. The molecule has 22 heavy (non-hydrogen) atoms. The molecule has 0 aromatic heterocycles. The van der Waals surface area contributed by atoms with Crippen molar-refractivity contribution in [2.45, 2.75) is 13.3 Å². The molecule has 1 heterocycles. The van der Waals surface area contributed by atoms with Gasteiger partial charge in [-0.25, -0.2) is 17.1 Å². The van der Waals surface area contributed by atoms with Gasteiger partial charge in [0.2, 0.25) is 10.0 Å². The molecule has 8 heteroatoms. The van der Waals surface area contributed by atoms with E-state index in [2.05, 4.69) is 0 Å². The number of rotatable bonds is 3. The van der Waals surface area contributed by atoms with Crippen molar-refractivity contribution in [2.24, 2.45) is 0 Å². The number of amides is 1. The monoisotopic (exact) mass is 348 g/mol. The molecular formula is C14H18ClFN2O3S. The Balaban J connectivity index is 2.10. The van der Waals surface area contributed by atoms with Crippen molar-refractivity contribution < 1.29 is 17.6 Å². The number of benzene rings is 1. The topological polar surface area (TPSA) is 57.7 Å². The maximum atomic E-state index is 13.2. The van der Waals surface area contributed by atoms with Crippen molar-refractivity contribution in [3.05, 3.63) is 34.6 Å². The van der Waals surface area contributed by atoms with Gasteiger partial charge in [-0.15, -0.1) is 0 Å². The van der Waals surface area contributed by atoms with Gasteiger partial charge in [0.05, 0.1) is 10.8 Å². The van der Waals surface area contributed by atoms with Crippen LogP contribution in [0.4, 0.5) is 4.39 Å². The SMILES string of the molecule is CCS(=O)(=O)N1CCCN(C(=O)c2ccc(F)c(Cl)c2)CC1. The normalized spacial score (nSPS) is 17.3. The lowest BCUT2D eigenvalue weighted by molar-refractivity contribution is 0.0764. The third kappa shape index (κ3) is 3.77. The van der Waals surface area contributed by atoms with E-state index in [1.54, 1.807) is 11.8 Å². The quantitative estimate of drug-likeness (QED) is 0.839. The van der Waals surface area contributed by atoms with Gasteiger partial charge in [0.1, 0.15) is 5.82 Å². The molecule has 1 aromatic carbocycles. The fourth-order valence-corrected chi connectivity index (χ4v) is 3.68. The molecule has 0 radical (unpaired) electrons. The third-order valence-electron chi connectivity index (χ3n) is 3.67. The van der Waals surface area contributed by atoms with E-state index in [-0.39, 0.29) is 23.2 Å². The zero-order chi connectivity index (χ0) is 16.3. The highest BCUT2D eigenvalue weighted by Gasteiger charge is 2.26. The van der Waals surface area contributed by atoms with Gasteiger partial charge >= 0.3 is 0 Å². The zero-order valence-electron chi connectivity index (χ0n) is 12.3. The van der Waals surface area contributed by atoms with Crippen LogP contribution in [0.1, 0.15) is 23.7 Å². The molecule has 1 aliphatic heterocycles. The minimum atomic E-state index is -3.25. The molecule has 5 nitrogen and oxygen atoms in total. The number of hydrogen-bond donors (Lipinski definition) is 0. The summed E-state index contributed by atoms with van der Waals surface area (Å²) >= 11 is 5.70. The summed E-state index contributed by atoms with van der Waals surface area (Å²) in [7, 11) is -3.25. The molecule has 2 rings (SSSR count). The predicted octanol–water partition coefficient (Wildman–Crippen LogP) is 1.98. The smallest absolute Gasteiger partial charge is 0.253 e. The Hall–Kier alpha value is -1.18. The molecule has 1 amide bonds. The van der Waals surface area contributed by atoms with E-state index in [0.29, 0.717) is 31.6 Å². The number of hydrogen-bond acceptors (Lipinski definition) is 3. The van der Waals surface area contributed by atoms with Crippen molar-refractivity contribution >= 4 is 27.5 Å². The minimum absolute atomic E-state index is 0.0501. The van der Waals surface area contributed by atoms with Gasteiger partial charge in [0.15, 0.2) is 0 Å². The lowest BCUT2D eigenvalue weighted by Crippen LogP contribution is -2.37. The molecule has 0 saturated carbocycles. The lowest BCUT2D eigenvalue weighted by Gasteiger charge is -2.21. The van der Waals surface area contributed by atoms with Gasteiger partial charge in [0, 0.05) is 31.7 Å². The number of sulfonamides is 1. The van der Waals surface area contributed by atoms with E-state index < -0.39 is 15.8 Å². The molecule has 0 N–H and O–H groups in total. The Labute approximate surface area is 134 Å². The molecule has 0 unspecified atom stereocenters. The summed E-state index contributed by atoms with van der Waals surface area (Å²) in [6.07, 6.45) is 0.569. The summed E-state index contributed by atoms with van der Waals surface area (Å²) in [4.78, 5) is 14.0. The van der Waals surface area contributed by atoms with E-state index in [4.69, 9.17) is 11.6 Å². The molecule has 1 aromatic rings. The lowest BCUT2D eigenvalue weighted by atomic mass is 10.2. The molecule has 122 valence electrons. The van der Waals surface area contributed by atoms with Crippen molar-refractivity contribution in [1.29, 1.82) is 0 Å². The van der Waals surface area contributed by atoms with Crippen LogP contribution in [0.2, 0.25) is 5.02 Å². The van der Waals surface area contributed by atoms with Crippen LogP contribution in [-0.2, 0) is 10.0 Å². The van der Waals surface area contributed by atoms with Gasteiger partial charge < -0.3 is 4.90 Å². The number of nitrogens with zero attached hydrogens (tertiary/aromatic N) is 2. The Morgan fingerprint density at radius 3 is 2.64 bits per heavy atom. The first kappa shape index (κ1) is 17.2. The summed E-state index contributed by atoms with van der Waals surface area (Å²) in [5.41, 5.74) is 0.304. The summed E-state index contributed by atoms with van der Waals surface area (Å²) < 4.78 is 38.4. The van der Waals surface area contributed by atoms with Crippen LogP contribution >= 0.6 is 11.6 Å². The van der Waals surface area contributed by atoms with Crippen LogP contribution in [0.25, 0.3) is 0 Å². The van der Waals surface area contributed by atoms with Crippen LogP contribution in [0.3, 0.4) is 0 Å². The van der Waals surface area contributed by atoms with Crippen LogP contribution in [0.15, 0.2) is 18.2 Å². The van der Waals surface area contributed by atoms with Gasteiger partial charge in [-0.1, -0.05) is 11.6 Å². The Kier molecular flexibility index (Phi) is 5.41. The van der Waals surface area contributed by atoms with E-state index in [1.165, 1.54) is 16.4 Å². The fourth-order valence-electron chi connectivity index (χ4n) is 2.37. The van der Waals surface area contributed by atoms with Gasteiger partial charge in [-0.05, 0) is 31.5 Å². The molecule has 0 spiro atoms. The largest absolute Gasteiger partial charge is 0.337 e. The van der Waals surface area contributed by atoms with Crippen LogP contribution in [0, 0.1) is 5.82 Å². The summed E-state index contributed by atoms with van der Waals surface area (Å²) in [5.74, 6) is -0.791. The standard InChI is InChI=1S/C14H18ClFN2O3S/c1-2-22(20,21)18-7-3-6-17(8-9-18)14(19)11-4-5-13(16)12(15)10-11/h4-5,10H,2-3,6-9H2,1H3. The molecular weight excluding hydrogens is 331 g/mol. The van der Waals surface area contributed by atoms with Crippen molar-refractivity contribution in [3.63, 3.8) is 0 Å². The van der Waals surface area contributed by atoms with Gasteiger partial charge in [-0.3, -0.25) is 4.79 Å². The zero-order valence-corrected chi connectivity index (χ0v) is 13.8. The second-order valence-corrected chi connectivity index (χ2v) is 7.74. The van der Waals surface area contributed by atoms with E-state index >= 15 is 0 Å². The average molecular weight is 349 g/mol. The number of halogens is 2. The highest BCUT2D eigenvalue weighted by atomic mass is 35.5. The van der Waals surface area contributed by atoms with E-state index in [1.807, 2.05) is 0 Å². The van der Waals surface area contributed by atoms with Crippen LogP contribution in [0.5, 0.6) is 0 Å². The number of carbonyl (C=O) groups excluding carboxylic acids is 1. The Bertz CT molecular complexity index is 666. The van der Waals surface area contributed by atoms with Crippen molar-refractivity contribution in [2.75, 3.05) is 31.9 Å². The first-order chi connectivity index (χ1) is 10.3. The van der Waals surface area contributed by atoms with Gasteiger partial charge in [-0.2, -0.15) is 0 Å². The second-order valence-electron chi connectivity index (χ2n) is 5.07. The molecule has 1 aliphatic rings. The maximum absolute atomic E-state index is 13.2. The van der Waals surface area contributed by atoms with Crippen LogP contribution in [-0.4, -0.2) is 55.5 Å². The Morgan fingerprint density at radius 2 is 2.00 bits per heavy atom. The fraction of sp³-hybridized carbons (Fsp3) is 0.500. The minimum Gasteiger partial charge on any atom is -0.337 e. The Morgan fingerprint density at radius 1 is 1.27 bits per heavy atom. The third-order valence-corrected chi connectivity index (χ3v) is 5.84. The average Bonchev–Trinajstić information content (AvgIpc) is 2.75. The summed E-state index contributed by atoms with van der Waals surface area (Å²) in [6.45, 7) is 3.06.